The first kappa shape index (κ1) is 11.2. The molecule has 0 radical (unpaired) electrons. The molecule has 0 spiro atoms. The molecule has 0 aliphatic heterocycles. The standard InChI is InChI=1S/C11H13N3O/c1-11(2,3)14-10(15)9-5-4-8(6-12)7-13-9/h4-5,7H,1-3H3,(H,14,15). The molecule has 0 aliphatic rings. The maximum atomic E-state index is 11.6. The van der Waals surface area contributed by atoms with Gasteiger partial charge in [-0.3, -0.25) is 4.79 Å². The van der Waals surface area contributed by atoms with E-state index in [2.05, 4.69) is 10.3 Å². The maximum absolute atomic E-state index is 11.6. The number of hydrogen-bond donors (Lipinski definition) is 1. The summed E-state index contributed by atoms with van der Waals surface area (Å²) in [5.41, 5.74) is 0.485. The van der Waals surface area contributed by atoms with E-state index in [1.54, 1.807) is 12.1 Å². The van der Waals surface area contributed by atoms with Crippen LogP contribution in [0.25, 0.3) is 0 Å². The number of nitrogens with zero attached hydrogens (tertiary/aromatic N) is 2. The van der Waals surface area contributed by atoms with Crippen LogP contribution >= 0.6 is 0 Å². The number of aromatic nitrogens is 1. The first-order valence-electron chi connectivity index (χ1n) is 4.61. The van der Waals surface area contributed by atoms with Gasteiger partial charge in [0.25, 0.3) is 5.91 Å². The van der Waals surface area contributed by atoms with Crippen molar-refractivity contribution in [2.75, 3.05) is 0 Å². The fourth-order valence-electron chi connectivity index (χ4n) is 0.999. The highest BCUT2D eigenvalue weighted by Gasteiger charge is 2.15. The second-order valence-electron chi connectivity index (χ2n) is 4.25. The van der Waals surface area contributed by atoms with Gasteiger partial charge in [0.1, 0.15) is 11.8 Å². The van der Waals surface area contributed by atoms with E-state index in [-0.39, 0.29) is 11.4 Å². The lowest BCUT2D eigenvalue weighted by molar-refractivity contribution is 0.0914. The lowest BCUT2D eigenvalue weighted by Crippen LogP contribution is -2.40. The van der Waals surface area contributed by atoms with Crippen LogP contribution in [0.4, 0.5) is 0 Å². The smallest absolute Gasteiger partial charge is 0.270 e. The van der Waals surface area contributed by atoms with Gasteiger partial charge < -0.3 is 5.32 Å². The first-order chi connectivity index (χ1) is 6.92. The minimum absolute atomic E-state index is 0.230. The van der Waals surface area contributed by atoms with Crippen LogP contribution in [-0.4, -0.2) is 16.4 Å². The van der Waals surface area contributed by atoms with Gasteiger partial charge in [-0.1, -0.05) is 0 Å². The van der Waals surface area contributed by atoms with Gasteiger partial charge in [0.15, 0.2) is 0 Å². The summed E-state index contributed by atoms with van der Waals surface area (Å²) in [5.74, 6) is -0.230. The third-order valence-corrected chi connectivity index (χ3v) is 1.61. The van der Waals surface area contributed by atoms with E-state index in [1.807, 2.05) is 26.8 Å². The average molecular weight is 203 g/mol. The molecule has 0 fully saturated rings. The Hall–Kier alpha value is -1.89. The van der Waals surface area contributed by atoms with Crippen LogP contribution in [0.1, 0.15) is 36.8 Å². The van der Waals surface area contributed by atoms with Gasteiger partial charge in [0.2, 0.25) is 0 Å². The lowest BCUT2D eigenvalue weighted by Gasteiger charge is -2.19. The lowest BCUT2D eigenvalue weighted by atomic mass is 10.1. The monoisotopic (exact) mass is 203 g/mol. The summed E-state index contributed by atoms with van der Waals surface area (Å²) in [5, 5.41) is 11.4. The van der Waals surface area contributed by atoms with Crippen molar-refractivity contribution in [2.24, 2.45) is 0 Å². The Balaban J connectivity index is 2.80. The molecule has 0 aromatic carbocycles. The predicted molar refractivity (Wildman–Crippen MR) is 56.2 cm³/mol. The molecule has 15 heavy (non-hydrogen) atoms. The zero-order valence-corrected chi connectivity index (χ0v) is 9.03. The van der Waals surface area contributed by atoms with Crippen LogP contribution in [0.15, 0.2) is 18.3 Å². The van der Waals surface area contributed by atoms with E-state index in [1.165, 1.54) is 6.20 Å². The Morgan fingerprint density at radius 1 is 1.47 bits per heavy atom. The third-order valence-electron chi connectivity index (χ3n) is 1.61. The second kappa shape index (κ2) is 4.09. The van der Waals surface area contributed by atoms with Crippen molar-refractivity contribution in [1.82, 2.24) is 10.3 Å². The van der Waals surface area contributed by atoms with E-state index in [9.17, 15) is 4.79 Å². The van der Waals surface area contributed by atoms with E-state index in [0.29, 0.717) is 11.3 Å². The zero-order valence-electron chi connectivity index (χ0n) is 9.03. The minimum Gasteiger partial charge on any atom is -0.346 e. The third kappa shape index (κ3) is 3.39. The molecule has 0 saturated heterocycles. The molecule has 1 rings (SSSR count). The summed E-state index contributed by atoms with van der Waals surface area (Å²) in [6.45, 7) is 5.69. The maximum Gasteiger partial charge on any atom is 0.270 e. The van der Waals surface area contributed by atoms with Gasteiger partial charge in [0.05, 0.1) is 5.56 Å². The number of amides is 1. The topological polar surface area (TPSA) is 65.8 Å². The normalized spacial score (nSPS) is 10.5. The quantitative estimate of drug-likeness (QED) is 0.751. The van der Waals surface area contributed by atoms with E-state index < -0.39 is 0 Å². The minimum atomic E-state index is -0.285. The van der Waals surface area contributed by atoms with Crippen molar-refractivity contribution < 1.29 is 4.79 Å². The average Bonchev–Trinajstić information content (AvgIpc) is 2.15. The zero-order chi connectivity index (χ0) is 11.5. The summed E-state index contributed by atoms with van der Waals surface area (Å²) >= 11 is 0. The number of nitriles is 1. The molecule has 1 N–H and O–H groups in total. The molecule has 4 heteroatoms. The van der Waals surface area contributed by atoms with Gasteiger partial charge in [-0.2, -0.15) is 5.26 Å². The van der Waals surface area contributed by atoms with Crippen molar-refractivity contribution in [3.05, 3.63) is 29.6 Å². The largest absolute Gasteiger partial charge is 0.346 e. The molecule has 4 nitrogen and oxygen atoms in total. The van der Waals surface area contributed by atoms with Crippen LogP contribution < -0.4 is 5.32 Å². The van der Waals surface area contributed by atoms with Gasteiger partial charge >= 0.3 is 0 Å². The number of nitrogens with one attached hydrogen (secondary N) is 1. The summed E-state index contributed by atoms with van der Waals surface area (Å²) in [4.78, 5) is 15.5. The molecular formula is C11H13N3O. The van der Waals surface area contributed by atoms with Gasteiger partial charge in [-0.05, 0) is 32.9 Å². The van der Waals surface area contributed by atoms with Crippen molar-refractivity contribution >= 4 is 5.91 Å². The van der Waals surface area contributed by atoms with Gasteiger partial charge in [0, 0.05) is 11.7 Å². The Bertz CT molecular complexity index is 395. The molecule has 1 aromatic rings. The highest BCUT2D eigenvalue weighted by atomic mass is 16.2. The van der Waals surface area contributed by atoms with Crippen molar-refractivity contribution in [1.29, 1.82) is 5.26 Å². The molecule has 0 saturated carbocycles. The van der Waals surface area contributed by atoms with E-state index in [4.69, 9.17) is 5.26 Å². The summed E-state index contributed by atoms with van der Waals surface area (Å²) in [6.07, 6.45) is 1.39. The Labute approximate surface area is 88.9 Å². The molecule has 78 valence electrons. The van der Waals surface area contributed by atoms with Crippen molar-refractivity contribution in [3.63, 3.8) is 0 Å². The van der Waals surface area contributed by atoms with Crippen LogP contribution in [0.3, 0.4) is 0 Å². The molecule has 1 heterocycles. The second-order valence-corrected chi connectivity index (χ2v) is 4.25. The number of hydrogen-bond acceptors (Lipinski definition) is 3. The van der Waals surface area contributed by atoms with Crippen molar-refractivity contribution in [3.8, 4) is 6.07 Å². The molecule has 1 amide bonds. The van der Waals surface area contributed by atoms with Crippen LogP contribution in [-0.2, 0) is 0 Å². The SMILES string of the molecule is CC(C)(C)NC(=O)c1ccc(C#N)cn1. The highest BCUT2D eigenvalue weighted by Crippen LogP contribution is 2.03. The van der Waals surface area contributed by atoms with Gasteiger partial charge in [-0.15, -0.1) is 0 Å². The molecular weight excluding hydrogens is 190 g/mol. The summed E-state index contributed by atoms with van der Waals surface area (Å²) < 4.78 is 0. The Morgan fingerprint density at radius 3 is 2.53 bits per heavy atom. The van der Waals surface area contributed by atoms with E-state index in [0.717, 1.165) is 0 Å². The summed E-state index contributed by atoms with van der Waals surface area (Å²) in [7, 11) is 0. The van der Waals surface area contributed by atoms with Gasteiger partial charge in [-0.25, -0.2) is 4.98 Å². The summed E-state index contributed by atoms with van der Waals surface area (Å²) in [6, 6.07) is 5.06. The van der Waals surface area contributed by atoms with Crippen LogP contribution in [0.2, 0.25) is 0 Å². The first-order valence-corrected chi connectivity index (χ1v) is 4.61. The molecule has 0 aliphatic carbocycles. The van der Waals surface area contributed by atoms with Crippen LogP contribution in [0.5, 0.6) is 0 Å². The fraction of sp³-hybridized carbons (Fsp3) is 0.364. The number of rotatable bonds is 1. The van der Waals surface area contributed by atoms with E-state index >= 15 is 0 Å². The molecule has 0 atom stereocenters. The number of pyridine rings is 1. The fourth-order valence-corrected chi connectivity index (χ4v) is 0.999. The van der Waals surface area contributed by atoms with Crippen LogP contribution in [0, 0.1) is 11.3 Å². The predicted octanol–water partition coefficient (Wildman–Crippen LogP) is 1.48. The highest BCUT2D eigenvalue weighted by molar-refractivity contribution is 5.92. The number of carbonyl (C=O) groups is 1. The van der Waals surface area contributed by atoms with Crippen molar-refractivity contribution in [2.45, 2.75) is 26.3 Å². The molecule has 0 unspecified atom stereocenters. The molecule has 1 aromatic heterocycles. The number of carbonyl (C=O) groups excluding carboxylic acids is 1. The Kier molecular flexibility index (Phi) is 3.05. The Morgan fingerprint density at radius 2 is 2.13 bits per heavy atom. The molecule has 0 bridgehead atoms.